The Morgan fingerprint density at radius 2 is 0.533 bits per heavy atom. The lowest BCUT2D eigenvalue weighted by atomic mass is 10.0. The molecule has 1 aliphatic heterocycles. The molecule has 0 unspecified atom stereocenters. The number of rotatable bonds is 67. The second-order valence-corrected chi connectivity index (χ2v) is 34.8. The van der Waals surface area contributed by atoms with Crippen molar-refractivity contribution in [3.63, 3.8) is 0 Å². The van der Waals surface area contributed by atoms with E-state index in [0.29, 0.717) is 0 Å². The fourth-order valence-corrected chi connectivity index (χ4v) is 14.5. The summed E-state index contributed by atoms with van der Waals surface area (Å²) in [6, 6.07) is -23.8. The Morgan fingerprint density at radius 1 is 0.300 bits per heavy atom. The molecular formula is C83H159N49O18. The number of hydrogen-bond donors (Lipinski definition) is 50. The van der Waals surface area contributed by atoms with Gasteiger partial charge in [0.15, 0.2) is 65.6 Å². The first kappa shape index (κ1) is 131. The van der Waals surface area contributed by atoms with E-state index in [1.54, 1.807) is 0 Å². The molecule has 62 N–H and O–H groups in total. The van der Waals surface area contributed by atoms with Gasteiger partial charge >= 0.3 is 5.97 Å². The summed E-state index contributed by atoms with van der Waals surface area (Å²) < 4.78 is 0. The van der Waals surface area contributed by atoms with Gasteiger partial charge in [0, 0.05) is 91.9 Å². The van der Waals surface area contributed by atoms with Crippen LogP contribution in [0.5, 0.6) is 0 Å². The zero-order valence-electron chi connectivity index (χ0n) is 84.2. The molecular weight excluding hydrogens is 1970 g/mol. The molecule has 67 nitrogen and oxygen atoms in total. The van der Waals surface area contributed by atoms with Crippen molar-refractivity contribution in [1.29, 1.82) is 59.5 Å². The van der Waals surface area contributed by atoms with Crippen molar-refractivity contribution in [2.45, 2.75) is 271 Å². The molecule has 1 saturated heterocycles. The maximum atomic E-state index is 15.4. The van der Waals surface area contributed by atoms with E-state index in [4.69, 9.17) is 128 Å². The average Bonchev–Trinajstić information content (AvgIpc) is 0.846. The Bertz CT molecular complexity index is 4570. The summed E-state index contributed by atoms with van der Waals surface area (Å²) in [7, 11) is 0. The normalized spacial score (nSPS) is 16.6. The predicted molar refractivity (Wildman–Crippen MR) is 551 cm³/mol. The fraction of sp³-hybridized carbons (Fsp3) is 0.663. The molecule has 0 spiro atoms. The third-order valence-corrected chi connectivity index (χ3v) is 22.1. The summed E-state index contributed by atoms with van der Waals surface area (Å²) >= 11 is 0. The van der Waals surface area contributed by atoms with Gasteiger partial charge in [0.2, 0.25) is 94.5 Å². The molecule has 0 aliphatic carbocycles. The highest BCUT2D eigenvalue weighted by Crippen LogP contribution is 2.16. The fourth-order valence-electron chi connectivity index (χ4n) is 14.5. The van der Waals surface area contributed by atoms with E-state index >= 15 is 43.2 Å². The number of nitrogens with one attached hydrogen (secondary N) is 37. The molecule has 0 radical (unpaired) electrons. The number of carboxylic acids is 1. The molecule has 0 bridgehead atoms. The quantitative estimate of drug-likeness (QED) is 0.0153. The van der Waals surface area contributed by atoms with E-state index in [1.807, 2.05) is 0 Å². The Labute approximate surface area is 865 Å². The molecule has 1 rings (SSSR count). The summed E-state index contributed by atoms with van der Waals surface area (Å²) in [4.78, 5) is 246. The van der Waals surface area contributed by atoms with E-state index in [9.17, 15) is 43.5 Å². The Morgan fingerprint density at radius 3 is 0.800 bits per heavy atom. The van der Waals surface area contributed by atoms with Crippen LogP contribution in [0, 0.1) is 59.5 Å². The van der Waals surface area contributed by atoms with Crippen LogP contribution >= 0.6 is 0 Å². The minimum absolute atomic E-state index is 0.00484. The van der Waals surface area contributed by atoms with Crippen LogP contribution in [0.3, 0.4) is 0 Å². The summed E-state index contributed by atoms with van der Waals surface area (Å²) in [5.74, 6) is -23.8. The van der Waals surface area contributed by atoms with Crippen LogP contribution in [0.25, 0.3) is 0 Å². The molecule has 1 fully saturated rings. The molecule has 0 aromatic rings. The van der Waals surface area contributed by atoms with Crippen LogP contribution in [0.1, 0.15) is 187 Å². The average molecular weight is 2130 g/mol. The predicted octanol–water partition coefficient (Wildman–Crippen LogP) is -16.3. The van der Waals surface area contributed by atoms with E-state index in [2.05, 4.69) is 138 Å². The topological polar surface area (TPSA) is 1200 Å². The van der Waals surface area contributed by atoms with Gasteiger partial charge in [0.1, 0.15) is 84.6 Å². The van der Waals surface area contributed by atoms with Gasteiger partial charge in [-0.3, -0.25) is 136 Å². The van der Waals surface area contributed by atoms with Crippen LogP contribution in [0.4, 0.5) is 0 Å². The first-order chi connectivity index (χ1) is 70.8. The van der Waals surface area contributed by atoms with E-state index in [1.165, 1.54) is 0 Å². The Balaban J connectivity index is 4.55. The number of aliphatic carboxylic acids is 1. The molecule has 1 heterocycles. The third-order valence-electron chi connectivity index (χ3n) is 22.1. The van der Waals surface area contributed by atoms with Gasteiger partial charge < -0.3 is 212 Å². The number of hydrogen-bond acceptors (Lipinski definition) is 28. The van der Waals surface area contributed by atoms with Crippen LogP contribution < -0.4 is 207 Å². The lowest BCUT2D eigenvalue weighted by Crippen LogP contribution is -2.61. The van der Waals surface area contributed by atoms with Crippen molar-refractivity contribution in [3.05, 3.63) is 0 Å². The number of amides is 16. The van der Waals surface area contributed by atoms with Crippen molar-refractivity contribution >= 4 is 166 Å². The Kier molecular flexibility index (Phi) is 64.6. The second-order valence-electron chi connectivity index (χ2n) is 34.8. The van der Waals surface area contributed by atoms with Crippen molar-refractivity contribution < 1.29 is 86.6 Å². The van der Waals surface area contributed by atoms with Crippen LogP contribution in [0.2, 0.25) is 0 Å². The number of carbonyl (C=O) groups is 17. The van der Waals surface area contributed by atoms with Crippen LogP contribution in [-0.4, -0.2) is 334 Å². The van der Waals surface area contributed by atoms with Crippen molar-refractivity contribution in [2.75, 3.05) is 78.5 Å². The standard InChI is InChI=1S/C83H159N49O18/c1-42(133)119-43(16-4-30-108-73(85)86)59(136)121-45(17-5-31-109-74(87)88)62(139)124-47(19-7-33-111-76(91)92)63(140)123-46(18-6-32-110-75(89)90)61(138)120-44-15-2-3-29-107-58(135)41-56(132-69(146)53(25-13-39-117-82(103)104)128-70(147)54(27-28-57(84)134)130-67(144)50(122-60(44)137)22-10-36-114-79(97)98)71(148)129-51(23-11-37-115-80(99)100)66(143)126-48(20-8-34-112-77(93)94)64(141)125-49(21-9-35-113-78(95)96)65(142)127-52(24-12-38-116-81(101)102)68(145)131-55(72(149)150)26-14-40-118-83(105)106/h43-56H,2-41H2,1H3,(H2,84,134)(H,107,135)(H,119,133)(H,120,138)(H,121,136)(H,122,137)(H,123,140)(H,124,139)(H,125,141)(H,126,143)(H,127,142)(H,128,147)(H,129,148)(H,130,144)(H,131,145)(H,132,146)(H,149,150)(H4,85,86,108)(H4,87,88,109)(H4,89,90,110)(H4,91,92,111)(H4,93,94,112)(H4,95,96,113)(H4,97,98,114)(H4,99,100,115)(H4,101,102,116)(H4,103,104,117)(H4,105,106,118)/t43-,44-,45-,46-,47-,48-,49-,50-,51-,52-,53-,54-,55-,56-/m0/s1. The Hall–Kier alpha value is -17.0. The first-order valence-corrected chi connectivity index (χ1v) is 48.7. The smallest absolute Gasteiger partial charge is 0.326 e. The monoisotopic (exact) mass is 2130 g/mol. The van der Waals surface area contributed by atoms with E-state index in [-0.39, 0.29) is 226 Å². The summed E-state index contributed by atoms with van der Waals surface area (Å²) in [5, 5.41) is 161. The van der Waals surface area contributed by atoms with Gasteiger partial charge in [-0.25, -0.2) is 4.79 Å². The molecule has 844 valence electrons. The molecule has 0 aromatic heterocycles. The van der Waals surface area contributed by atoms with Gasteiger partial charge in [0.25, 0.3) is 0 Å². The summed E-state index contributed by atoms with van der Waals surface area (Å²) in [6.07, 6.45) is -6.49. The second kappa shape index (κ2) is 73.9. The van der Waals surface area contributed by atoms with Crippen molar-refractivity contribution in [3.8, 4) is 0 Å². The van der Waals surface area contributed by atoms with Crippen LogP contribution in [0.15, 0.2) is 0 Å². The number of primary amides is 1. The van der Waals surface area contributed by atoms with Crippen molar-refractivity contribution in [1.82, 2.24) is 138 Å². The third kappa shape index (κ3) is 61.9. The van der Waals surface area contributed by atoms with Crippen molar-refractivity contribution in [2.24, 2.45) is 68.8 Å². The highest BCUT2D eigenvalue weighted by atomic mass is 16.4. The summed E-state index contributed by atoms with van der Waals surface area (Å²) in [5.41, 5.74) is 66.6. The first-order valence-electron chi connectivity index (χ1n) is 48.7. The molecule has 150 heavy (non-hydrogen) atoms. The summed E-state index contributed by atoms with van der Waals surface area (Å²) in [6.45, 7) is 0.0384. The number of carboxylic acid groups (broad SMARTS) is 1. The molecule has 0 saturated carbocycles. The minimum atomic E-state index is -2.10. The lowest BCUT2D eigenvalue weighted by Gasteiger charge is -2.29. The van der Waals surface area contributed by atoms with Gasteiger partial charge in [-0.2, -0.15) is 0 Å². The van der Waals surface area contributed by atoms with E-state index in [0.717, 1.165) is 6.92 Å². The zero-order valence-corrected chi connectivity index (χ0v) is 84.2. The van der Waals surface area contributed by atoms with E-state index < -0.39 is 283 Å². The maximum Gasteiger partial charge on any atom is 0.326 e. The highest BCUT2D eigenvalue weighted by Gasteiger charge is 2.40. The SMILES string of the molecule is CC(=O)N[C@@H](CCCNC(=N)N)C(=O)N[C@@H](CCCNC(=N)N)C(=O)N[C@@H](CCCNC(=N)N)C(=O)N[C@@H](CCCNC(=N)N)C(=O)N[C@H]1CCCCNC(=O)C[C@@H](C(=O)N[C@@H](CCCNC(=N)N)C(=O)N[C@@H](CCCNC(=N)N)C(=O)N[C@@H](CCCNC(=N)N)C(=O)N[C@@H](CCCNC(=N)N)C(=O)N[C@@H](CCCNC(=N)N)C(=O)O)NC(=O)[C@H](CCCNC(=N)N)NC(=O)[C@H](CCC(N)=O)NC(=O)[C@H](CCCNC(=N)N)NC1=O. The van der Waals surface area contributed by atoms with Gasteiger partial charge in [-0.1, -0.05) is 0 Å². The molecule has 14 atom stereocenters. The van der Waals surface area contributed by atoms with Gasteiger partial charge in [-0.05, 0) is 167 Å². The largest absolute Gasteiger partial charge is 0.480 e. The number of guanidine groups is 11. The number of nitrogens with two attached hydrogens (primary N) is 12. The molecule has 1 aliphatic rings. The van der Waals surface area contributed by atoms with Gasteiger partial charge in [-0.15, -0.1) is 0 Å². The molecule has 0 aromatic carbocycles. The maximum absolute atomic E-state index is 15.4. The molecule has 16 amide bonds. The molecule has 67 heteroatoms. The van der Waals surface area contributed by atoms with Gasteiger partial charge in [0.05, 0.1) is 6.42 Å². The minimum Gasteiger partial charge on any atom is -0.480 e. The zero-order chi connectivity index (χ0) is 113. The lowest BCUT2D eigenvalue weighted by molar-refractivity contribution is -0.142. The highest BCUT2D eigenvalue weighted by molar-refractivity contribution is 6.02. The van der Waals surface area contributed by atoms with Crippen LogP contribution in [-0.2, 0) is 81.5 Å². The number of carbonyl (C=O) groups excluding carboxylic acids is 16.